The van der Waals surface area contributed by atoms with Gasteiger partial charge in [-0.05, 0) is 89.9 Å². The lowest BCUT2D eigenvalue weighted by molar-refractivity contribution is -0.160. The molecule has 0 rings (SSSR count). The van der Waals surface area contributed by atoms with Crippen LogP contribution < -0.4 is 5.73 Å². The summed E-state index contributed by atoms with van der Waals surface area (Å²) in [6, 6.07) is -1.56. The third kappa shape index (κ3) is 51.5. The van der Waals surface area contributed by atoms with Crippen molar-refractivity contribution >= 4 is 25.7 Å². The SMILES string of the molecule is CCCCCCCC=CCC=CCC=CCC=CCC=CCC=CCC(=O)O[C@H](COC(=O)CC=CCC=CCC=CCC=CCC=CCC=CCCCCCCCC)COP(=O)(O)OC[C@H](N)C(=O)O. The van der Waals surface area contributed by atoms with Crippen LogP contribution in [0.3, 0.4) is 0 Å². The van der Waals surface area contributed by atoms with Crippen molar-refractivity contribution in [2.75, 3.05) is 19.8 Å². The summed E-state index contributed by atoms with van der Waals surface area (Å²) in [6.07, 6.45) is 74.0. The maximum atomic E-state index is 12.6. The van der Waals surface area contributed by atoms with Gasteiger partial charge in [-0.2, -0.15) is 0 Å². The molecule has 0 aliphatic rings. The smallest absolute Gasteiger partial charge is 0.472 e. The molecular formula is C59H92NO10P. The van der Waals surface area contributed by atoms with Crippen molar-refractivity contribution in [3.8, 4) is 0 Å². The Bertz CT molecular complexity index is 1750. The molecule has 0 amide bonds. The molecule has 0 aliphatic carbocycles. The molecule has 0 spiro atoms. The fourth-order valence-corrected chi connectivity index (χ4v) is 7.05. The molecular weight excluding hydrogens is 914 g/mol. The fourth-order valence-electron chi connectivity index (χ4n) is 6.27. The lowest BCUT2D eigenvalue weighted by Gasteiger charge is -2.20. The Hall–Kier alpha value is -4.64. The van der Waals surface area contributed by atoms with Gasteiger partial charge < -0.3 is 25.2 Å². The summed E-state index contributed by atoms with van der Waals surface area (Å²) in [7, 11) is -4.78. The van der Waals surface area contributed by atoms with Crippen molar-refractivity contribution in [2.24, 2.45) is 5.73 Å². The number of rotatable bonds is 47. The fraction of sp³-hybridized carbons (Fsp3) is 0.542. The van der Waals surface area contributed by atoms with Crippen molar-refractivity contribution in [2.45, 2.75) is 187 Å². The standard InChI is InChI=1S/C59H92NO10P/c1-3-5-7-9-11-13-15-17-19-21-23-25-27-29-30-32-34-36-38-40-42-44-46-48-50-57(61)67-52-55(53-68-71(65,66)69-54-56(60)59(63)64)70-58(62)51-49-47-45-43-41-39-37-35-33-31-28-26-24-22-20-18-16-14-12-10-8-6-4-2/h16-19,22-25,28-31,34-37,40-43,46-49,55-56H,3-15,20-21,26-27,32-33,38-39,44-45,50-54,60H2,1-2H3,(H,63,64)(H,65,66)/t55-,56+/m1/s1. The number of esters is 2. The number of nitrogens with two attached hydrogens (primary N) is 1. The first-order valence-electron chi connectivity index (χ1n) is 26.4. The van der Waals surface area contributed by atoms with Gasteiger partial charge in [-0.25, -0.2) is 4.57 Å². The highest BCUT2D eigenvalue weighted by molar-refractivity contribution is 7.47. The summed E-state index contributed by atoms with van der Waals surface area (Å²) in [4.78, 5) is 46.1. The number of phosphoric ester groups is 1. The second kappa shape index (κ2) is 51.7. The average molecular weight is 1010 g/mol. The van der Waals surface area contributed by atoms with Gasteiger partial charge in [0.15, 0.2) is 6.10 Å². The molecule has 0 aromatic rings. The van der Waals surface area contributed by atoms with Crippen LogP contribution in [0.4, 0.5) is 0 Å². The number of hydrogen-bond acceptors (Lipinski definition) is 9. The van der Waals surface area contributed by atoms with E-state index in [2.05, 4.69) is 116 Å². The Morgan fingerprint density at radius 1 is 0.437 bits per heavy atom. The molecule has 3 atom stereocenters. The van der Waals surface area contributed by atoms with Crippen LogP contribution in [-0.2, 0) is 37.5 Å². The van der Waals surface area contributed by atoms with E-state index in [0.29, 0.717) is 12.8 Å². The third-order valence-corrected chi connectivity index (χ3v) is 11.3. The first kappa shape index (κ1) is 66.4. The average Bonchev–Trinajstić information content (AvgIpc) is 3.35. The van der Waals surface area contributed by atoms with E-state index in [-0.39, 0.29) is 12.8 Å². The zero-order valence-corrected chi connectivity index (χ0v) is 44.4. The van der Waals surface area contributed by atoms with Crippen LogP contribution in [0.1, 0.15) is 174 Å². The second-order valence-corrected chi connectivity index (χ2v) is 18.4. The molecule has 0 aliphatic heterocycles. The number of carbonyl (C=O) groups is 3. The highest BCUT2D eigenvalue weighted by Crippen LogP contribution is 2.43. The van der Waals surface area contributed by atoms with E-state index >= 15 is 0 Å². The number of hydrogen-bond donors (Lipinski definition) is 3. The molecule has 0 aromatic heterocycles. The van der Waals surface area contributed by atoms with Crippen LogP contribution in [0.15, 0.2) is 146 Å². The Morgan fingerprint density at radius 2 is 0.746 bits per heavy atom. The number of aliphatic carboxylic acids is 1. The van der Waals surface area contributed by atoms with Gasteiger partial charge in [-0.3, -0.25) is 23.4 Å². The third-order valence-electron chi connectivity index (χ3n) is 10.4. The Kier molecular flexibility index (Phi) is 48.3. The summed E-state index contributed by atoms with van der Waals surface area (Å²) in [5, 5.41) is 8.92. The number of allylic oxidation sites excluding steroid dienone is 22. The normalized spacial score (nSPS) is 14.6. The van der Waals surface area contributed by atoms with Gasteiger partial charge in [0.05, 0.1) is 26.1 Å². The van der Waals surface area contributed by atoms with E-state index < -0.39 is 57.7 Å². The molecule has 0 saturated carbocycles. The first-order valence-corrected chi connectivity index (χ1v) is 27.9. The summed E-state index contributed by atoms with van der Waals surface area (Å²) in [6.45, 7) is 2.58. The highest BCUT2D eigenvalue weighted by atomic mass is 31.2. The quantitative estimate of drug-likeness (QED) is 0.0229. The molecule has 71 heavy (non-hydrogen) atoms. The number of unbranched alkanes of at least 4 members (excludes halogenated alkanes) is 11. The topological polar surface area (TPSA) is 172 Å². The van der Waals surface area contributed by atoms with Gasteiger partial charge in [0.1, 0.15) is 12.6 Å². The minimum absolute atomic E-state index is 0.0415. The molecule has 4 N–H and O–H groups in total. The lowest BCUT2D eigenvalue weighted by Crippen LogP contribution is -2.34. The number of carboxylic acids is 1. The van der Waals surface area contributed by atoms with Crippen LogP contribution in [-0.4, -0.2) is 59.9 Å². The van der Waals surface area contributed by atoms with Gasteiger partial charge in [-0.1, -0.05) is 217 Å². The zero-order chi connectivity index (χ0) is 52.0. The Balaban J connectivity index is 4.56. The van der Waals surface area contributed by atoms with Crippen molar-refractivity contribution in [1.29, 1.82) is 0 Å². The van der Waals surface area contributed by atoms with E-state index in [4.69, 9.17) is 24.8 Å². The van der Waals surface area contributed by atoms with Crippen LogP contribution >= 0.6 is 7.82 Å². The van der Waals surface area contributed by atoms with Crippen molar-refractivity contribution in [3.63, 3.8) is 0 Å². The number of ether oxygens (including phenoxy) is 2. The van der Waals surface area contributed by atoms with Crippen LogP contribution in [0.25, 0.3) is 0 Å². The highest BCUT2D eigenvalue weighted by Gasteiger charge is 2.28. The van der Waals surface area contributed by atoms with Crippen molar-refractivity contribution in [3.05, 3.63) is 146 Å². The number of carbonyl (C=O) groups excluding carboxylic acids is 2. The summed E-state index contributed by atoms with van der Waals surface area (Å²) < 4.78 is 32.6. The summed E-state index contributed by atoms with van der Waals surface area (Å²) >= 11 is 0. The van der Waals surface area contributed by atoms with Gasteiger partial charge in [0.25, 0.3) is 0 Å². The molecule has 0 saturated heterocycles. The van der Waals surface area contributed by atoms with Crippen LogP contribution in [0.2, 0.25) is 0 Å². The van der Waals surface area contributed by atoms with Gasteiger partial charge in [0.2, 0.25) is 0 Å². The van der Waals surface area contributed by atoms with E-state index in [1.54, 1.807) is 12.2 Å². The molecule has 12 heteroatoms. The Morgan fingerprint density at radius 3 is 1.11 bits per heavy atom. The zero-order valence-electron chi connectivity index (χ0n) is 43.5. The van der Waals surface area contributed by atoms with Crippen LogP contribution in [0, 0.1) is 0 Å². The molecule has 1 unspecified atom stereocenters. The van der Waals surface area contributed by atoms with E-state index in [1.807, 2.05) is 36.5 Å². The Labute approximate surface area is 429 Å². The monoisotopic (exact) mass is 1010 g/mol. The molecule has 0 heterocycles. The first-order chi connectivity index (χ1) is 34.6. The summed E-state index contributed by atoms with van der Waals surface area (Å²) in [5.74, 6) is -2.72. The minimum atomic E-state index is -4.78. The summed E-state index contributed by atoms with van der Waals surface area (Å²) in [5.41, 5.74) is 5.34. The maximum absolute atomic E-state index is 12.6. The van der Waals surface area contributed by atoms with E-state index in [9.17, 15) is 23.8 Å². The predicted molar refractivity (Wildman–Crippen MR) is 295 cm³/mol. The van der Waals surface area contributed by atoms with Crippen molar-refractivity contribution in [1.82, 2.24) is 0 Å². The second-order valence-electron chi connectivity index (χ2n) is 17.0. The van der Waals surface area contributed by atoms with Crippen LogP contribution in [0.5, 0.6) is 0 Å². The number of carboxylic acid groups (broad SMARTS) is 1. The molecule has 0 radical (unpaired) electrons. The van der Waals surface area contributed by atoms with Gasteiger partial charge in [-0.15, -0.1) is 0 Å². The number of phosphoric acid groups is 1. The molecule has 0 fully saturated rings. The largest absolute Gasteiger partial charge is 0.480 e. The van der Waals surface area contributed by atoms with Gasteiger partial charge in [0, 0.05) is 0 Å². The minimum Gasteiger partial charge on any atom is -0.480 e. The maximum Gasteiger partial charge on any atom is 0.472 e. The van der Waals surface area contributed by atoms with Crippen molar-refractivity contribution < 1.29 is 47.5 Å². The molecule has 11 nitrogen and oxygen atoms in total. The molecule has 0 bridgehead atoms. The molecule has 398 valence electrons. The molecule has 0 aromatic carbocycles. The van der Waals surface area contributed by atoms with E-state index in [1.165, 1.54) is 83.5 Å². The predicted octanol–water partition coefficient (Wildman–Crippen LogP) is 15.5. The lowest BCUT2D eigenvalue weighted by atomic mass is 10.1. The van der Waals surface area contributed by atoms with Gasteiger partial charge >= 0.3 is 25.7 Å². The van der Waals surface area contributed by atoms with E-state index in [0.717, 1.165) is 51.4 Å².